The number of hydrogen-bond acceptors (Lipinski definition) is 0. The molecule has 0 unspecified atom stereocenters. The number of allylic oxidation sites excluding steroid dienone is 1. The van der Waals surface area contributed by atoms with E-state index in [1.807, 2.05) is 0 Å². The fraction of sp³-hybridized carbons (Fsp3) is 0.931. The summed E-state index contributed by atoms with van der Waals surface area (Å²) in [4.78, 5) is 0. The van der Waals surface area contributed by atoms with Crippen molar-refractivity contribution in [3.63, 3.8) is 0 Å². The normalized spacial score (nSPS) is 44.3. The molecule has 29 heavy (non-hydrogen) atoms. The van der Waals surface area contributed by atoms with Crippen molar-refractivity contribution in [2.24, 2.45) is 47.3 Å². The van der Waals surface area contributed by atoms with Crippen LogP contribution in [0.25, 0.3) is 0 Å². The summed E-state index contributed by atoms with van der Waals surface area (Å²) >= 11 is 0. The summed E-state index contributed by atoms with van der Waals surface area (Å²) < 4.78 is 0. The van der Waals surface area contributed by atoms with E-state index in [2.05, 4.69) is 20.4 Å². The van der Waals surface area contributed by atoms with Crippen LogP contribution in [0.15, 0.2) is 12.2 Å². The van der Waals surface area contributed by atoms with E-state index < -0.39 is 0 Å². The lowest BCUT2D eigenvalue weighted by Gasteiger charge is -2.43. The summed E-state index contributed by atoms with van der Waals surface area (Å²) in [7, 11) is 0. The third-order valence-corrected chi connectivity index (χ3v) is 10.2. The van der Waals surface area contributed by atoms with Gasteiger partial charge in [-0.3, -0.25) is 0 Å². The van der Waals surface area contributed by atoms with Gasteiger partial charge in [-0.25, -0.2) is 0 Å². The van der Waals surface area contributed by atoms with E-state index in [9.17, 15) is 0 Å². The first-order valence-electron chi connectivity index (χ1n) is 13.7. The molecule has 0 aromatic rings. The zero-order chi connectivity index (χ0) is 20.2. The maximum atomic E-state index is 4.14. The van der Waals surface area contributed by atoms with Crippen LogP contribution in [0, 0.1) is 47.3 Å². The maximum Gasteiger partial charge on any atom is -0.0297 e. The Balaban J connectivity index is 1.15. The van der Waals surface area contributed by atoms with Gasteiger partial charge in [-0.15, -0.1) is 6.58 Å². The average molecular weight is 399 g/mol. The largest absolute Gasteiger partial charge is 0.100 e. The molecule has 4 rings (SSSR count). The van der Waals surface area contributed by atoms with E-state index in [1.54, 1.807) is 64.2 Å². The van der Waals surface area contributed by atoms with E-state index in [0.29, 0.717) is 0 Å². The van der Waals surface area contributed by atoms with Crippen LogP contribution in [0.3, 0.4) is 0 Å². The lowest BCUT2D eigenvalue weighted by Crippen LogP contribution is -2.31. The van der Waals surface area contributed by atoms with Crippen molar-refractivity contribution < 1.29 is 0 Å². The third-order valence-electron chi connectivity index (χ3n) is 10.2. The standard InChI is InChI=1S/C29H50/c1-21(2)20-23-6-10-25(11-7-23)27-14-18-29(19-15-27)28-16-12-26(13-17-28)24-8-4-22(3)5-9-24/h22-29H,1,4-20H2,2-3H3. The molecule has 0 aromatic carbocycles. The van der Waals surface area contributed by atoms with E-state index in [1.165, 1.54) is 50.5 Å². The monoisotopic (exact) mass is 398 g/mol. The first-order chi connectivity index (χ1) is 14.1. The summed E-state index contributed by atoms with van der Waals surface area (Å²) in [5.74, 6) is 8.52. The molecule has 0 atom stereocenters. The second-order valence-electron chi connectivity index (χ2n) is 12.3. The predicted molar refractivity (Wildman–Crippen MR) is 127 cm³/mol. The highest BCUT2D eigenvalue weighted by atomic mass is 14.4. The van der Waals surface area contributed by atoms with Crippen LogP contribution in [-0.2, 0) is 0 Å². The molecule has 0 aliphatic heterocycles. The van der Waals surface area contributed by atoms with E-state index in [-0.39, 0.29) is 0 Å². The Hall–Kier alpha value is -0.260. The molecular formula is C29H50. The maximum absolute atomic E-state index is 4.14. The zero-order valence-corrected chi connectivity index (χ0v) is 19.8. The lowest BCUT2D eigenvalue weighted by atomic mass is 9.63. The van der Waals surface area contributed by atoms with Gasteiger partial charge in [-0.05, 0) is 151 Å². The van der Waals surface area contributed by atoms with Crippen LogP contribution in [0.4, 0.5) is 0 Å². The number of rotatable bonds is 5. The molecule has 4 saturated carbocycles. The molecule has 4 fully saturated rings. The topological polar surface area (TPSA) is 0 Å². The molecule has 166 valence electrons. The van der Waals surface area contributed by atoms with Crippen LogP contribution >= 0.6 is 0 Å². The van der Waals surface area contributed by atoms with Gasteiger partial charge in [0.15, 0.2) is 0 Å². The molecule has 0 heterocycles. The van der Waals surface area contributed by atoms with Crippen LogP contribution in [0.2, 0.25) is 0 Å². The smallest absolute Gasteiger partial charge is 0.0297 e. The molecule has 4 aliphatic carbocycles. The van der Waals surface area contributed by atoms with E-state index in [4.69, 9.17) is 0 Å². The van der Waals surface area contributed by atoms with Crippen molar-refractivity contribution in [2.45, 2.75) is 123 Å². The second kappa shape index (κ2) is 10.4. The highest BCUT2D eigenvalue weighted by molar-refractivity contribution is 4.93. The Kier molecular flexibility index (Phi) is 7.85. The molecule has 0 amide bonds. The first kappa shape index (κ1) is 22.0. The summed E-state index contributed by atoms with van der Waals surface area (Å²) in [5.41, 5.74) is 1.40. The van der Waals surface area contributed by atoms with E-state index in [0.717, 1.165) is 47.3 Å². The highest BCUT2D eigenvalue weighted by Crippen LogP contribution is 2.48. The molecule has 4 aliphatic rings. The highest BCUT2D eigenvalue weighted by Gasteiger charge is 2.36. The van der Waals surface area contributed by atoms with Crippen LogP contribution in [-0.4, -0.2) is 0 Å². The quantitative estimate of drug-likeness (QED) is 0.405. The summed E-state index contributed by atoms with van der Waals surface area (Å²) in [6, 6.07) is 0. The van der Waals surface area contributed by atoms with Gasteiger partial charge in [0.25, 0.3) is 0 Å². The van der Waals surface area contributed by atoms with Crippen molar-refractivity contribution in [2.75, 3.05) is 0 Å². The van der Waals surface area contributed by atoms with Crippen molar-refractivity contribution >= 4 is 0 Å². The molecule has 0 spiro atoms. The SMILES string of the molecule is C=C(C)CC1CCC(C2CCC(C3CCC(C4CCC(C)CC4)CC3)CC2)CC1. The fourth-order valence-corrected chi connectivity index (χ4v) is 8.29. The van der Waals surface area contributed by atoms with Crippen LogP contribution < -0.4 is 0 Å². The zero-order valence-electron chi connectivity index (χ0n) is 19.8. The van der Waals surface area contributed by atoms with Gasteiger partial charge in [0.05, 0.1) is 0 Å². The third kappa shape index (κ3) is 5.92. The molecule has 0 bridgehead atoms. The Morgan fingerprint density at radius 3 is 1.10 bits per heavy atom. The van der Waals surface area contributed by atoms with Gasteiger partial charge in [-0.1, -0.05) is 25.3 Å². The summed E-state index contributed by atoms with van der Waals surface area (Å²) in [6.45, 7) is 8.83. The van der Waals surface area contributed by atoms with Gasteiger partial charge in [0, 0.05) is 0 Å². The molecular weight excluding hydrogens is 348 g/mol. The Labute approximate surface area is 182 Å². The van der Waals surface area contributed by atoms with Crippen molar-refractivity contribution in [3.8, 4) is 0 Å². The second-order valence-corrected chi connectivity index (χ2v) is 12.3. The molecule has 0 radical (unpaired) electrons. The Bertz CT molecular complexity index is 486. The fourth-order valence-electron chi connectivity index (χ4n) is 8.29. The van der Waals surface area contributed by atoms with Gasteiger partial charge >= 0.3 is 0 Å². The van der Waals surface area contributed by atoms with Crippen molar-refractivity contribution in [1.82, 2.24) is 0 Å². The molecule has 0 N–H and O–H groups in total. The lowest BCUT2D eigenvalue weighted by molar-refractivity contribution is 0.0868. The van der Waals surface area contributed by atoms with Crippen LogP contribution in [0.5, 0.6) is 0 Å². The van der Waals surface area contributed by atoms with Gasteiger partial charge in [0.2, 0.25) is 0 Å². The molecule has 0 heteroatoms. The van der Waals surface area contributed by atoms with Gasteiger partial charge in [0.1, 0.15) is 0 Å². The average Bonchev–Trinajstić information content (AvgIpc) is 2.75. The van der Waals surface area contributed by atoms with Gasteiger partial charge < -0.3 is 0 Å². The minimum atomic E-state index is 0.961. The molecule has 0 nitrogen and oxygen atoms in total. The minimum absolute atomic E-state index is 0.961. The molecule has 0 aromatic heterocycles. The minimum Gasteiger partial charge on any atom is -0.100 e. The number of hydrogen-bond donors (Lipinski definition) is 0. The van der Waals surface area contributed by atoms with Crippen molar-refractivity contribution in [1.29, 1.82) is 0 Å². The Morgan fingerprint density at radius 1 is 0.517 bits per heavy atom. The summed E-state index contributed by atoms with van der Waals surface area (Å²) in [5, 5.41) is 0. The van der Waals surface area contributed by atoms with Gasteiger partial charge in [-0.2, -0.15) is 0 Å². The predicted octanol–water partition coefficient (Wildman–Crippen LogP) is 9.20. The summed E-state index contributed by atoms with van der Waals surface area (Å²) in [6.07, 6.45) is 26.1. The molecule has 0 saturated heterocycles. The first-order valence-corrected chi connectivity index (χ1v) is 13.7. The van der Waals surface area contributed by atoms with E-state index >= 15 is 0 Å². The Morgan fingerprint density at radius 2 is 0.793 bits per heavy atom. The van der Waals surface area contributed by atoms with Crippen molar-refractivity contribution in [3.05, 3.63) is 12.2 Å². The van der Waals surface area contributed by atoms with Crippen LogP contribution in [0.1, 0.15) is 123 Å².